The van der Waals surface area contributed by atoms with E-state index < -0.39 is 0 Å². The Bertz CT molecular complexity index is 285. The van der Waals surface area contributed by atoms with Crippen LogP contribution in [0.3, 0.4) is 0 Å². The van der Waals surface area contributed by atoms with E-state index in [2.05, 4.69) is 17.6 Å². The summed E-state index contributed by atoms with van der Waals surface area (Å²) in [6.07, 6.45) is 15.8. The summed E-state index contributed by atoms with van der Waals surface area (Å²) in [6.45, 7) is 3.63. The van der Waals surface area contributed by atoms with Crippen molar-refractivity contribution in [1.82, 2.24) is 10.6 Å². The lowest BCUT2D eigenvalue weighted by Crippen LogP contribution is -2.51. The first-order valence-electron chi connectivity index (χ1n) is 9.36. The second kappa shape index (κ2) is 7.26. The van der Waals surface area contributed by atoms with Crippen molar-refractivity contribution in [2.75, 3.05) is 6.54 Å². The van der Waals surface area contributed by atoms with Crippen molar-refractivity contribution < 1.29 is 0 Å². The Morgan fingerprint density at radius 3 is 2.65 bits per heavy atom. The summed E-state index contributed by atoms with van der Waals surface area (Å²) < 4.78 is 0. The van der Waals surface area contributed by atoms with Gasteiger partial charge in [0.2, 0.25) is 0 Å². The van der Waals surface area contributed by atoms with Crippen LogP contribution in [0.2, 0.25) is 0 Å². The van der Waals surface area contributed by atoms with E-state index >= 15 is 0 Å². The summed E-state index contributed by atoms with van der Waals surface area (Å²) in [4.78, 5) is 0. The van der Waals surface area contributed by atoms with Gasteiger partial charge in [-0.15, -0.1) is 0 Å². The van der Waals surface area contributed by atoms with Crippen molar-refractivity contribution in [2.24, 2.45) is 11.8 Å². The number of hydrogen-bond donors (Lipinski definition) is 2. The maximum Gasteiger partial charge on any atom is 0.0113 e. The van der Waals surface area contributed by atoms with Crippen molar-refractivity contribution in [1.29, 1.82) is 0 Å². The Balaban J connectivity index is 1.55. The summed E-state index contributed by atoms with van der Waals surface area (Å²) in [7, 11) is 0. The highest BCUT2D eigenvalue weighted by molar-refractivity contribution is 4.93. The molecule has 0 radical (unpaired) electrons. The maximum absolute atomic E-state index is 4.11. The van der Waals surface area contributed by atoms with Crippen LogP contribution in [0.15, 0.2) is 0 Å². The van der Waals surface area contributed by atoms with Gasteiger partial charge in [0.25, 0.3) is 0 Å². The minimum Gasteiger partial charge on any atom is -0.314 e. The van der Waals surface area contributed by atoms with Gasteiger partial charge in [0.05, 0.1) is 0 Å². The molecule has 3 aliphatic rings. The monoisotopic (exact) mass is 278 g/mol. The molecule has 2 saturated carbocycles. The zero-order valence-corrected chi connectivity index (χ0v) is 13.4. The van der Waals surface area contributed by atoms with Gasteiger partial charge in [0, 0.05) is 18.1 Å². The predicted octanol–water partition coefficient (Wildman–Crippen LogP) is 3.86. The summed E-state index contributed by atoms with van der Waals surface area (Å²) in [5.41, 5.74) is 0. The first kappa shape index (κ1) is 14.8. The number of rotatable bonds is 4. The van der Waals surface area contributed by atoms with Crippen LogP contribution < -0.4 is 10.6 Å². The fourth-order valence-electron chi connectivity index (χ4n) is 5.04. The lowest BCUT2D eigenvalue weighted by Gasteiger charge is -2.40. The van der Waals surface area contributed by atoms with Crippen LogP contribution in [0.5, 0.6) is 0 Å². The van der Waals surface area contributed by atoms with E-state index in [1.54, 1.807) is 0 Å². The molecule has 0 aromatic carbocycles. The lowest BCUT2D eigenvalue weighted by atomic mass is 9.77. The zero-order chi connectivity index (χ0) is 13.8. The fourth-order valence-corrected chi connectivity index (χ4v) is 5.04. The molecule has 2 heteroatoms. The summed E-state index contributed by atoms with van der Waals surface area (Å²) in [5, 5.41) is 7.88. The molecule has 5 atom stereocenters. The smallest absolute Gasteiger partial charge is 0.0113 e. The Labute approximate surface area is 125 Å². The predicted molar refractivity (Wildman–Crippen MR) is 85.9 cm³/mol. The summed E-state index contributed by atoms with van der Waals surface area (Å²) in [6, 6.07) is 2.44. The Kier molecular flexibility index (Phi) is 5.39. The van der Waals surface area contributed by atoms with Gasteiger partial charge < -0.3 is 10.6 Å². The van der Waals surface area contributed by atoms with Crippen LogP contribution in [0.4, 0.5) is 0 Å². The molecule has 1 heterocycles. The number of hydrogen-bond acceptors (Lipinski definition) is 2. The van der Waals surface area contributed by atoms with Gasteiger partial charge in [0.1, 0.15) is 0 Å². The first-order valence-corrected chi connectivity index (χ1v) is 9.36. The maximum atomic E-state index is 4.11. The number of nitrogens with one attached hydrogen (secondary N) is 2. The van der Waals surface area contributed by atoms with Gasteiger partial charge in [-0.3, -0.25) is 0 Å². The molecule has 0 spiro atoms. The molecule has 0 aromatic rings. The fraction of sp³-hybridized carbons (Fsp3) is 1.00. The molecule has 20 heavy (non-hydrogen) atoms. The second-order valence-corrected chi connectivity index (χ2v) is 7.56. The van der Waals surface area contributed by atoms with E-state index in [9.17, 15) is 0 Å². The first-order chi connectivity index (χ1) is 9.86. The van der Waals surface area contributed by atoms with Crippen molar-refractivity contribution in [2.45, 2.75) is 95.7 Å². The van der Waals surface area contributed by atoms with Crippen LogP contribution in [-0.2, 0) is 0 Å². The van der Waals surface area contributed by atoms with E-state index in [0.717, 1.165) is 30.0 Å². The minimum atomic E-state index is 0.806. The van der Waals surface area contributed by atoms with E-state index in [0.29, 0.717) is 0 Å². The Morgan fingerprint density at radius 1 is 0.950 bits per heavy atom. The Hall–Kier alpha value is -0.0800. The molecule has 1 saturated heterocycles. The van der Waals surface area contributed by atoms with E-state index in [1.165, 1.54) is 77.2 Å². The highest BCUT2D eigenvalue weighted by Gasteiger charge is 2.34. The van der Waals surface area contributed by atoms with Crippen LogP contribution in [-0.4, -0.2) is 24.7 Å². The highest BCUT2D eigenvalue weighted by atomic mass is 15.0. The highest BCUT2D eigenvalue weighted by Crippen LogP contribution is 2.33. The molecule has 3 rings (SSSR count). The van der Waals surface area contributed by atoms with Crippen molar-refractivity contribution in [3.63, 3.8) is 0 Å². The second-order valence-electron chi connectivity index (χ2n) is 7.56. The zero-order valence-electron chi connectivity index (χ0n) is 13.4. The molecule has 2 aliphatic carbocycles. The lowest BCUT2D eigenvalue weighted by molar-refractivity contribution is 0.174. The van der Waals surface area contributed by atoms with Crippen LogP contribution in [0, 0.1) is 11.8 Å². The average molecular weight is 278 g/mol. The molecule has 1 aliphatic heterocycles. The molecule has 0 amide bonds. The molecular weight excluding hydrogens is 244 g/mol. The van der Waals surface area contributed by atoms with E-state index in [4.69, 9.17) is 0 Å². The standard InChI is InChI=1S/C18H34N2/c1-2-14-7-5-8-15(13-14)20-18-10-4-3-9-16(18)17-11-6-12-19-17/h14-20H,2-13H2,1H3. The third-order valence-electron chi connectivity index (χ3n) is 6.24. The quantitative estimate of drug-likeness (QED) is 0.816. The van der Waals surface area contributed by atoms with Crippen LogP contribution in [0.1, 0.15) is 77.6 Å². The minimum absolute atomic E-state index is 0.806. The van der Waals surface area contributed by atoms with Crippen molar-refractivity contribution >= 4 is 0 Å². The SMILES string of the molecule is CCC1CCCC(NC2CCCCC2C2CCCN2)C1. The molecule has 116 valence electrons. The third kappa shape index (κ3) is 3.57. The molecule has 2 N–H and O–H groups in total. The van der Waals surface area contributed by atoms with Gasteiger partial charge in [-0.25, -0.2) is 0 Å². The third-order valence-corrected chi connectivity index (χ3v) is 6.24. The largest absolute Gasteiger partial charge is 0.314 e. The van der Waals surface area contributed by atoms with E-state index in [1.807, 2.05) is 0 Å². The Morgan fingerprint density at radius 2 is 1.85 bits per heavy atom. The molecule has 0 bridgehead atoms. The topological polar surface area (TPSA) is 24.1 Å². The van der Waals surface area contributed by atoms with Gasteiger partial charge in [-0.2, -0.15) is 0 Å². The molecule has 2 nitrogen and oxygen atoms in total. The molecular formula is C18H34N2. The average Bonchev–Trinajstić information content (AvgIpc) is 3.02. The van der Waals surface area contributed by atoms with E-state index in [-0.39, 0.29) is 0 Å². The van der Waals surface area contributed by atoms with Crippen molar-refractivity contribution in [3.05, 3.63) is 0 Å². The summed E-state index contributed by atoms with van der Waals surface area (Å²) >= 11 is 0. The normalized spacial score (nSPS) is 42.8. The molecule has 3 fully saturated rings. The molecule has 0 aromatic heterocycles. The van der Waals surface area contributed by atoms with Crippen LogP contribution >= 0.6 is 0 Å². The van der Waals surface area contributed by atoms with Gasteiger partial charge in [-0.1, -0.05) is 39.0 Å². The van der Waals surface area contributed by atoms with Gasteiger partial charge in [0.15, 0.2) is 0 Å². The summed E-state index contributed by atoms with van der Waals surface area (Å²) in [5.74, 6) is 1.90. The van der Waals surface area contributed by atoms with Gasteiger partial charge in [-0.05, 0) is 56.9 Å². The van der Waals surface area contributed by atoms with Crippen LogP contribution in [0.25, 0.3) is 0 Å². The van der Waals surface area contributed by atoms with Gasteiger partial charge >= 0.3 is 0 Å². The van der Waals surface area contributed by atoms with Crippen molar-refractivity contribution in [3.8, 4) is 0 Å². The molecule has 5 unspecified atom stereocenters.